The van der Waals surface area contributed by atoms with Gasteiger partial charge in [0.05, 0.1) is 21.5 Å². The molecule has 1 heterocycles. The molecule has 3 aromatic rings. The van der Waals surface area contributed by atoms with Gasteiger partial charge in [0.2, 0.25) is 0 Å². The molecule has 1 aliphatic heterocycles. The van der Waals surface area contributed by atoms with E-state index in [4.69, 9.17) is 0 Å². The van der Waals surface area contributed by atoms with Crippen molar-refractivity contribution in [2.75, 3.05) is 4.90 Å². The van der Waals surface area contributed by atoms with E-state index in [1.54, 1.807) is 24.3 Å². The largest absolute Gasteiger partial charge is 0.507 e. The van der Waals surface area contributed by atoms with Gasteiger partial charge in [0, 0.05) is 35.5 Å². The van der Waals surface area contributed by atoms with Gasteiger partial charge in [-0.15, -0.1) is 0 Å². The number of hydrogen-bond donors (Lipinski definition) is 1. The van der Waals surface area contributed by atoms with E-state index in [0.717, 1.165) is 17.7 Å². The standard InChI is InChI=1S/C24H17N3O7/c1-14-5-9-17(10-6-14)25-21(16-3-2-4-19(13-16)27(33)34)20(23(29)24(25)30)22(28)15-7-11-18(12-8-15)26(31)32/h2-13,21,28H,1H3/b22-20+/t21-/m1/s1. The van der Waals surface area contributed by atoms with Crippen LogP contribution in [-0.4, -0.2) is 26.6 Å². The highest BCUT2D eigenvalue weighted by molar-refractivity contribution is 6.51. The Hall–Kier alpha value is -4.86. The van der Waals surface area contributed by atoms with Crippen molar-refractivity contribution in [3.05, 3.63) is 115 Å². The minimum absolute atomic E-state index is 0.0861. The van der Waals surface area contributed by atoms with Crippen LogP contribution in [0.15, 0.2) is 78.4 Å². The molecule has 0 aliphatic carbocycles. The van der Waals surface area contributed by atoms with Crippen molar-refractivity contribution in [3.8, 4) is 0 Å². The van der Waals surface area contributed by atoms with Crippen LogP contribution in [0.1, 0.15) is 22.7 Å². The number of benzene rings is 3. The second-order valence-corrected chi connectivity index (χ2v) is 7.66. The maximum Gasteiger partial charge on any atom is 0.300 e. The first kappa shape index (κ1) is 22.3. The molecule has 34 heavy (non-hydrogen) atoms. The Bertz CT molecular complexity index is 1360. The summed E-state index contributed by atoms with van der Waals surface area (Å²) in [6.07, 6.45) is 0. The molecular weight excluding hydrogens is 442 g/mol. The molecule has 0 spiro atoms. The van der Waals surface area contributed by atoms with Crippen molar-refractivity contribution in [2.24, 2.45) is 0 Å². The predicted molar refractivity (Wildman–Crippen MR) is 122 cm³/mol. The molecular formula is C24H17N3O7. The molecule has 4 rings (SSSR count). The molecule has 1 saturated heterocycles. The third-order valence-electron chi connectivity index (χ3n) is 5.50. The third-order valence-corrected chi connectivity index (χ3v) is 5.50. The van der Waals surface area contributed by atoms with E-state index in [9.17, 15) is 34.9 Å². The molecule has 0 saturated carbocycles. The van der Waals surface area contributed by atoms with Crippen molar-refractivity contribution in [3.63, 3.8) is 0 Å². The van der Waals surface area contributed by atoms with E-state index >= 15 is 0 Å². The average Bonchev–Trinajstić information content (AvgIpc) is 3.09. The number of Topliss-reactive ketones (excluding diaryl/α,β-unsaturated/α-hetero) is 1. The number of amides is 1. The maximum atomic E-state index is 13.1. The van der Waals surface area contributed by atoms with Gasteiger partial charge in [0.15, 0.2) is 0 Å². The number of ketones is 1. The molecule has 0 bridgehead atoms. The summed E-state index contributed by atoms with van der Waals surface area (Å²) >= 11 is 0. The van der Waals surface area contributed by atoms with E-state index in [-0.39, 0.29) is 28.1 Å². The number of aliphatic hydroxyl groups excluding tert-OH is 1. The van der Waals surface area contributed by atoms with Gasteiger partial charge in [-0.2, -0.15) is 0 Å². The first-order valence-electron chi connectivity index (χ1n) is 10.1. The van der Waals surface area contributed by atoms with E-state index in [1.165, 1.54) is 41.3 Å². The summed E-state index contributed by atoms with van der Waals surface area (Å²) in [5.74, 6) is -2.43. The Labute approximate surface area is 192 Å². The quantitative estimate of drug-likeness (QED) is 0.195. The number of carbonyl (C=O) groups is 2. The number of hydrogen-bond acceptors (Lipinski definition) is 7. The fraction of sp³-hybridized carbons (Fsp3) is 0.0833. The topological polar surface area (TPSA) is 144 Å². The summed E-state index contributed by atoms with van der Waals surface area (Å²) in [6, 6.07) is 15.9. The van der Waals surface area contributed by atoms with E-state index in [0.29, 0.717) is 5.69 Å². The maximum absolute atomic E-state index is 13.1. The molecule has 0 aromatic heterocycles. The average molecular weight is 459 g/mol. The van der Waals surface area contributed by atoms with Crippen molar-refractivity contribution >= 4 is 34.5 Å². The van der Waals surface area contributed by atoms with Crippen LogP contribution in [0.2, 0.25) is 0 Å². The lowest BCUT2D eigenvalue weighted by Gasteiger charge is -2.25. The lowest BCUT2D eigenvalue weighted by molar-refractivity contribution is -0.385. The van der Waals surface area contributed by atoms with Crippen LogP contribution >= 0.6 is 0 Å². The molecule has 3 aromatic carbocycles. The van der Waals surface area contributed by atoms with Crippen LogP contribution in [-0.2, 0) is 9.59 Å². The highest BCUT2D eigenvalue weighted by Crippen LogP contribution is 2.42. The lowest BCUT2D eigenvalue weighted by atomic mass is 9.94. The molecule has 1 atom stereocenters. The second-order valence-electron chi connectivity index (χ2n) is 7.66. The molecule has 170 valence electrons. The van der Waals surface area contributed by atoms with Crippen molar-refractivity contribution < 1.29 is 24.5 Å². The zero-order valence-electron chi connectivity index (χ0n) is 17.7. The minimum Gasteiger partial charge on any atom is -0.507 e. The van der Waals surface area contributed by atoms with Crippen LogP contribution in [0.25, 0.3) is 5.76 Å². The number of anilines is 1. The number of nitro benzene ring substituents is 2. The van der Waals surface area contributed by atoms with Gasteiger partial charge in [0.25, 0.3) is 23.1 Å². The van der Waals surface area contributed by atoms with E-state index < -0.39 is 33.3 Å². The van der Waals surface area contributed by atoms with E-state index in [2.05, 4.69) is 0 Å². The number of nitro groups is 2. The van der Waals surface area contributed by atoms with Crippen LogP contribution in [0.3, 0.4) is 0 Å². The van der Waals surface area contributed by atoms with Crippen molar-refractivity contribution in [1.82, 2.24) is 0 Å². The van der Waals surface area contributed by atoms with Crippen LogP contribution < -0.4 is 4.90 Å². The highest BCUT2D eigenvalue weighted by Gasteiger charge is 2.47. The highest BCUT2D eigenvalue weighted by atomic mass is 16.6. The number of nitrogens with zero attached hydrogens (tertiary/aromatic N) is 3. The minimum atomic E-state index is -1.15. The van der Waals surface area contributed by atoms with Gasteiger partial charge < -0.3 is 5.11 Å². The molecule has 1 N–H and O–H groups in total. The van der Waals surface area contributed by atoms with Gasteiger partial charge in [-0.25, -0.2) is 0 Å². The number of carbonyl (C=O) groups excluding carboxylic acids is 2. The SMILES string of the molecule is Cc1ccc(N2C(=O)C(=O)/C(=C(/O)c3ccc([N+](=O)[O-])cc3)[C@H]2c2cccc([N+](=O)[O-])c2)cc1. The monoisotopic (exact) mass is 459 g/mol. The molecule has 1 fully saturated rings. The molecule has 0 radical (unpaired) electrons. The normalized spacial score (nSPS) is 17.1. The number of aliphatic hydroxyl groups is 1. The Morgan fingerprint density at radius 1 is 0.882 bits per heavy atom. The Kier molecular flexibility index (Phi) is 5.64. The summed E-state index contributed by atoms with van der Waals surface area (Å²) in [7, 11) is 0. The molecule has 1 amide bonds. The molecule has 10 nitrogen and oxygen atoms in total. The summed E-state index contributed by atoms with van der Waals surface area (Å²) in [4.78, 5) is 48.5. The zero-order valence-corrected chi connectivity index (χ0v) is 17.7. The Balaban J connectivity index is 1.94. The number of non-ortho nitro benzene ring substituents is 2. The predicted octanol–water partition coefficient (Wildman–Crippen LogP) is 4.44. The first-order chi connectivity index (χ1) is 16.2. The zero-order chi connectivity index (χ0) is 24.6. The van der Waals surface area contributed by atoms with Crippen molar-refractivity contribution in [1.29, 1.82) is 0 Å². The molecule has 1 aliphatic rings. The van der Waals surface area contributed by atoms with Gasteiger partial charge in [-0.3, -0.25) is 34.7 Å². The molecule has 10 heteroatoms. The van der Waals surface area contributed by atoms with Crippen LogP contribution in [0.4, 0.5) is 17.1 Å². The van der Waals surface area contributed by atoms with Gasteiger partial charge in [0.1, 0.15) is 5.76 Å². The fourth-order valence-electron chi connectivity index (χ4n) is 3.82. The number of aryl methyl sites for hydroxylation is 1. The first-order valence-corrected chi connectivity index (χ1v) is 10.1. The fourth-order valence-corrected chi connectivity index (χ4v) is 3.82. The summed E-state index contributed by atoms with van der Waals surface area (Å²) in [6.45, 7) is 1.85. The van der Waals surface area contributed by atoms with Crippen LogP contribution in [0.5, 0.6) is 0 Å². The van der Waals surface area contributed by atoms with Gasteiger partial charge in [-0.05, 0) is 36.8 Å². The smallest absolute Gasteiger partial charge is 0.300 e. The summed E-state index contributed by atoms with van der Waals surface area (Å²) < 4.78 is 0. The van der Waals surface area contributed by atoms with Gasteiger partial charge >= 0.3 is 0 Å². The van der Waals surface area contributed by atoms with Crippen LogP contribution in [0, 0.1) is 27.2 Å². The van der Waals surface area contributed by atoms with Gasteiger partial charge in [-0.1, -0.05) is 29.8 Å². The third kappa shape index (κ3) is 3.88. The summed E-state index contributed by atoms with van der Waals surface area (Å²) in [5.41, 5.74) is 0.875. The Morgan fingerprint density at radius 2 is 1.50 bits per heavy atom. The second kappa shape index (κ2) is 8.58. The molecule has 0 unspecified atom stereocenters. The lowest BCUT2D eigenvalue weighted by Crippen LogP contribution is -2.29. The van der Waals surface area contributed by atoms with E-state index in [1.807, 2.05) is 6.92 Å². The number of rotatable bonds is 5. The Morgan fingerprint density at radius 3 is 2.09 bits per heavy atom. The van der Waals surface area contributed by atoms with Crippen molar-refractivity contribution in [2.45, 2.75) is 13.0 Å². The summed E-state index contributed by atoms with van der Waals surface area (Å²) in [5, 5.41) is 33.3.